The van der Waals surface area contributed by atoms with Gasteiger partial charge in [-0.15, -0.1) is 0 Å². The lowest BCUT2D eigenvalue weighted by Gasteiger charge is -2.29. The molecular formula is C16H23NO2. The molecule has 0 unspecified atom stereocenters. The molecule has 0 aromatic heterocycles. The molecule has 0 aliphatic carbocycles. The second-order valence-electron chi connectivity index (χ2n) is 5.17. The smallest absolute Gasteiger partial charge is 0.226 e. The van der Waals surface area contributed by atoms with E-state index < -0.39 is 0 Å². The Morgan fingerprint density at radius 3 is 2.63 bits per heavy atom. The van der Waals surface area contributed by atoms with E-state index in [1.165, 1.54) is 11.1 Å². The monoisotopic (exact) mass is 261 g/mol. The largest absolute Gasteiger partial charge is 0.381 e. The van der Waals surface area contributed by atoms with Gasteiger partial charge in [0.05, 0.1) is 0 Å². The van der Waals surface area contributed by atoms with Crippen LogP contribution in [0.3, 0.4) is 0 Å². The van der Waals surface area contributed by atoms with Crippen molar-refractivity contribution in [3.8, 4) is 0 Å². The summed E-state index contributed by atoms with van der Waals surface area (Å²) < 4.78 is 5.33. The molecule has 1 aromatic carbocycles. The van der Waals surface area contributed by atoms with Crippen LogP contribution in [0, 0.1) is 12.8 Å². The summed E-state index contributed by atoms with van der Waals surface area (Å²) in [5.41, 5.74) is 2.49. The van der Waals surface area contributed by atoms with Gasteiger partial charge in [-0.2, -0.15) is 0 Å². The fraction of sp³-hybridized carbons (Fsp3) is 0.562. The summed E-state index contributed by atoms with van der Waals surface area (Å²) in [6.07, 6.45) is 1.73. The average Bonchev–Trinajstić information content (AvgIpc) is 2.47. The van der Waals surface area contributed by atoms with Crippen LogP contribution < -0.4 is 0 Å². The van der Waals surface area contributed by atoms with Crippen molar-refractivity contribution in [2.75, 3.05) is 19.8 Å². The van der Waals surface area contributed by atoms with Crippen molar-refractivity contribution >= 4 is 5.91 Å². The van der Waals surface area contributed by atoms with E-state index in [1.54, 1.807) is 0 Å². The molecule has 1 saturated heterocycles. The number of hydrogen-bond donors (Lipinski definition) is 0. The molecule has 1 amide bonds. The number of carbonyl (C=O) groups excluding carboxylic acids is 1. The van der Waals surface area contributed by atoms with Crippen molar-refractivity contribution in [1.82, 2.24) is 4.90 Å². The van der Waals surface area contributed by atoms with Crippen LogP contribution in [-0.4, -0.2) is 30.6 Å². The first-order chi connectivity index (χ1) is 9.22. The molecule has 3 heteroatoms. The molecule has 2 rings (SSSR count). The summed E-state index contributed by atoms with van der Waals surface area (Å²) in [5, 5.41) is 0. The van der Waals surface area contributed by atoms with E-state index >= 15 is 0 Å². The van der Waals surface area contributed by atoms with Crippen LogP contribution in [0.4, 0.5) is 0 Å². The summed E-state index contributed by atoms with van der Waals surface area (Å²) in [4.78, 5) is 14.5. The number of aryl methyl sites for hydroxylation is 1. The highest BCUT2D eigenvalue weighted by atomic mass is 16.5. The minimum atomic E-state index is 0.151. The Kier molecular flexibility index (Phi) is 4.97. The first-order valence-corrected chi connectivity index (χ1v) is 7.13. The van der Waals surface area contributed by atoms with E-state index in [1.807, 2.05) is 17.0 Å². The lowest BCUT2D eigenvalue weighted by atomic mass is 9.98. The van der Waals surface area contributed by atoms with Crippen LogP contribution in [-0.2, 0) is 16.1 Å². The highest BCUT2D eigenvalue weighted by molar-refractivity contribution is 5.79. The third kappa shape index (κ3) is 3.57. The average molecular weight is 261 g/mol. The minimum absolute atomic E-state index is 0.151. The fourth-order valence-electron chi connectivity index (χ4n) is 2.54. The van der Waals surface area contributed by atoms with Gasteiger partial charge in [0.15, 0.2) is 0 Å². The normalized spacial score (nSPS) is 16.3. The summed E-state index contributed by atoms with van der Waals surface area (Å²) in [5.74, 6) is 0.437. The topological polar surface area (TPSA) is 29.5 Å². The first-order valence-electron chi connectivity index (χ1n) is 7.13. The third-order valence-electron chi connectivity index (χ3n) is 3.89. The molecule has 104 valence electrons. The maximum absolute atomic E-state index is 12.5. The zero-order valence-electron chi connectivity index (χ0n) is 11.9. The lowest BCUT2D eigenvalue weighted by molar-refractivity contribution is -0.139. The zero-order valence-corrected chi connectivity index (χ0v) is 11.9. The van der Waals surface area contributed by atoms with E-state index in [0.717, 1.165) is 39.1 Å². The quantitative estimate of drug-likeness (QED) is 0.834. The van der Waals surface area contributed by atoms with Gasteiger partial charge in [0.1, 0.15) is 0 Å². The molecule has 1 aromatic rings. The number of amides is 1. The maximum atomic E-state index is 12.5. The fourth-order valence-corrected chi connectivity index (χ4v) is 2.54. The number of ether oxygens (including phenoxy) is 1. The standard InChI is InChI=1S/C16H23NO2/c1-3-17(12-15-7-5-4-6-13(15)2)16(18)14-8-10-19-11-9-14/h4-7,14H,3,8-12H2,1-2H3. The molecule has 1 aliphatic heterocycles. The zero-order chi connectivity index (χ0) is 13.7. The molecule has 0 spiro atoms. The highest BCUT2D eigenvalue weighted by Gasteiger charge is 2.25. The van der Waals surface area contributed by atoms with Gasteiger partial charge < -0.3 is 9.64 Å². The van der Waals surface area contributed by atoms with Crippen molar-refractivity contribution in [3.05, 3.63) is 35.4 Å². The van der Waals surface area contributed by atoms with Gasteiger partial charge in [-0.3, -0.25) is 4.79 Å². The molecule has 1 aliphatic rings. The van der Waals surface area contributed by atoms with E-state index in [0.29, 0.717) is 0 Å². The van der Waals surface area contributed by atoms with E-state index in [4.69, 9.17) is 4.74 Å². The highest BCUT2D eigenvalue weighted by Crippen LogP contribution is 2.19. The number of carbonyl (C=O) groups is 1. The van der Waals surface area contributed by atoms with Crippen molar-refractivity contribution in [2.45, 2.75) is 33.2 Å². The van der Waals surface area contributed by atoms with Gasteiger partial charge in [-0.1, -0.05) is 24.3 Å². The second-order valence-corrected chi connectivity index (χ2v) is 5.17. The van der Waals surface area contributed by atoms with Gasteiger partial charge >= 0.3 is 0 Å². The van der Waals surface area contributed by atoms with Crippen LogP contribution in [0.25, 0.3) is 0 Å². The summed E-state index contributed by atoms with van der Waals surface area (Å²) in [7, 11) is 0. The minimum Gasteiger partial charge on any atom is -0.381 e. The Balaban J connectivity index is 2.03. The summed E-state index contributed by atoms with van der Waals surface area (Å²) in [6.45, 7) is 7.08. The number of benzene rings is 1. The number of hydrogen-bond acceptors (Lipinski definition) is 2. The molecular weight excluding hydrogens is 238 g/mol. The Labute approximate surface area is 115 Å². The predicted molar refractivity (Wildman–Crippen MR) is 75.8 cm³/mol. The molecule has 1 heterocycles. The van der Waals surface area contributed by atoms with Gasteiger partial charge in [0, 0.05) is 32.2 Å². The Bertz CT molecular complexity index is 425. The van der Waals surface area contributed by atoms with E-state index in [9.17, 15) is 4.79 Å². The molecule has 0 saturated carbocycles. The predicted octanol–water partition coefficient (Wildman–Crippen LogP) is 2.77. The van der Waals surface area contributed by atoms with Gasteiger partial charge in [0.25, 0.3) is 0 Å². The lowest BCUT2D eigenvalue weighted by Crippen LogP contribution is -2.38. The van der Waals surface area contributed by atoms with Crippen molar-refractivity contribution in [2.24, 2.45) is 5.92 Å². The Morgan fingerprint density at radius 1 is 1.32 bits per heavy atom. The van der Waals surface area contributed by atoms with E-state index in [2.05, 4.69) is 26.0 Å². The summed E-state index contributed by atoms with van der Waals surface area (Å²) in [6, 6.07) is 8.28. The molecule has 0 bridgehead atoms. The van der Waals surface area contributed by atoms with Gasteiger partial charge in [-0.25, -0.2) is 0 Å². The first kappa shape index (κ1) is 14.1. The molecule has 19 heavy (non-hydrogen) atoms. The number of nitrogens with zero attached hydrogens (tertiary/aromatic N) is 1. The molecule has 0 atom stereocenters. The van der Waals surface area contributed by atoms with E-state index in [-0.39, 0.29) is 11.8 Å². The maximum Gasteiger partial charge on any atom is 0.226 e. The van der Waals surface area contributed by atoms with Crippen LogP contribution in [0.15, 0.2) is 24.3 Å². The molecule has 0 radical (unpaired) electrons. The van der Waals surface area contributed by atoms with Crippen LogP contribution in [0.1, 0.15) is 30.9 Å². The van der Waals surface area contributed by atoms with Crippen LogP contribution >= 0.6 is 0 Å². The third-order valence-corrected chi connectivity index (χ3v) is 3.89. The van der Waals surface area contributed by atoms with Crippen LogP contribution in [0.5, 0.6) is 0 Å². The SMILES string of the molecule is CCN(Cc1ccccc1C)C(=O)C1CCOCC1. The van der Waals surface area contributed by atoms with Crippen molar-refractivity contribution < 1.29 is 9.53 Å². The second kappa shape index (κ2) is 6.71. The molecule has 1 fully saturated rings. The Morgan fingerprint density at radius 2 is 2.00 bits per heavy atom. The molecule has 0 N–H and O–H groups in total. The van der Waals surface area contributed by atoms with Crippen molar-refractivity contribution in [3.63, 3.8) is 0 Å². The van der Waals surface area contributed by atoms with Crippen LogP contribution in [0.2, 0.25) is 0 Å². The molecule has 3 nitrogen and oxygen atoms in total. The van der Waals surface area contributed by atoms with Crippen molar-refractivity contribution in [1.29, 1.82) is 0 Å². The van der Waals surface area contributed by atoms with Gasteiger partial charge in [0.2, 0.25) is 5.91 Å². The number of rotatable bonds is 4. The summed E-state index contributed by atoms with van der Waals surface area (Å²) >= 11 is 0. The Hall–Kier alpha value is -1.35. The van der Waals surface area contributed by atoms with Gasteiger partial charge in [-0.05, 0) is 37.8 Å².